The van der Waals surface area contributed by atoms with Gasteiger partial charge in [-0.05, 0) is 90.0 Å². The number of rotatable bonds is 25. The van der Waals surface area contributed by atoms with E-state index in [1.807, 2.05) is 48.5 Å². The van der Waals surface area contributed by atoms with Crippen LogP contribution in [-0.2, 0) is 51.5 Å². The van der Waals surface area contributed by atoms with Crippen molar-refractivity contribution in [1.29, 1.82) is 0 Å². The van der Waals surface area contributed by atoms with Gasteiger partial charge in [-0.25, -0.2) is 4.79 Å². The second-order valence-electron chi connectivity index (χ2n) is 17.4. The number of fused-ring (bicyclic) bond motifs is 3. The summed E-state index contributed by atoms with van der Waals surface area (Å²) in [5, 5.41) is 13.4. The molecule has 0 heterocycles. The first kappa shape index (κ1) is 52.5. The van der Waals surface area contributed by atoms with Crippen LogP contribution in [0, 0.1) is 0 Å². The summed E-state index contributed by atoms with van der Waals surface area (Å²) in [6.07, 6.45) is 1.37. The van der Waals surface area contributed by atoms with Crippen LogP contribution >= 0.6 is 0 Å². The molecule has 0 bridgehead atoms. The highest BCUT2D eigenvalue weighted by atomic mass is 28.4. The maximum atomic E-state index is 13.8. The number of nitrogens with one attached hydrogen (secondary N) is 5. The smallest absolute Gasteiger partial charge is 0.460 e. The Morgan fingerprint density at radius 3 is 1.81 bits per heavy atom. The van der Waals surface area contributed by atoms with Crippen molar-refractivity contribution < 1.29 is 56.3 Å². The summed E-state index contributed by atoms with van der Waals surface area (Å²) in [6.45, 7) is 12.3. The van der Waals surface area contributed by atoms with E-state index in [0.29, 0.717) is 44.7 Å². The maximum Gasteiger partial charge on any atom is 0.500 e. The Balaban J connectivity index is 1.57. The Kier molecular flexibility index (Phi) is 20.7. The van der Waals surface area contributed by atoms with E-state index in [4.69, 9.17) is 27.5 Å². The summed E-state index contributed by atoms with van der Waals surface area (Å²) >= 11 is 0. The molecule has 0 spiro atoms. The van der Waals surface area contributed by atoms with Crippen molar-refractivity contribution in [3.05, 3.63) is 59.7 Å². The van der Waals surface area contributed by atoms with Gasteiger partial charge in [0.05, 0.1) is 18.6 Å². The van der Waals surface area contributed by atoms with Crippen molar-refractivity contribution in [3.63, 3.8) is 0 Å². The van der Waals surface area contributed by atoms with Crippen molar-refractivity contribution in [1.82, 2.24) is 26.6 Å². The standard InChI is InChI=1S/C45H69N5O12Si/c1-30(48-43(56)60-28-35-33-21-15-13-19-31(33)32-20-14-16-22-34(32)35)40(53)49-36(27-39(52)62-45(5,6)7)42(55)50-37(29-61-44(2,3)4)41(54)47-24-17-11-12-23-38(51)46-25-18-26-63(57-8,58-9)59-10/h13-16,19-22,30,35-37H,11-12,17-18,23-29H2,1-10H3,(H,46,51)(H,47,54)(H,48,56)(H,49,53)(H,50,55)/t30-,36+,37+/m1/s1. The monoisotopic (exact) mass is 899 g/mol. The molecule has 3 atom stereocenters. The number of benzene rings is 2. The number of carbonyl (C=O) groups excluding carboxylic acids is 6. The molecule has 18 heteroatoms. The predicted molar refractivity (Wildman–Crippen MR) is 238 cm³/mol. The molecule has 3 rings (SSSR count). The summed E-state index contributed by atoms with van der Waals surface area (Å²) < 4.78 is 33.1. The average Bonchev–Trinajstić information content (AvgIpc) is 3.55. The van der Waals surface area contributed by atoms with Crippen molar-refractivity contribution >= 4 is 44.5 Å². The second-order valence-corrected chi connectivity index (χ2v) is 20.5. The van der Waals surface area contributed by atoms with E-state index in [2.05, 4.69) is 26.6 Å². The number of hydrogen-bond acceptors (Lipinski definition) is 12. The number of ether oxygens (including phenoxy) is 3. The van der Waals surface area contributed by atoms with E-state index >= 15 is 0 Å². The zero-order chi connectivity index (χ0) is 46.8. The normalized spacial score (nSPS) is 14.0. The van der Waals surface area contributed by atoms with Crippen LogP contribution in [0.2, 0.25) is 6.04 Å². The molecule has 0 radical (unpaired) electrons. The molecule has 0 fully saturated rings. The van der Waals surface area contributed by atoms with Gasteiger partial charge >= 0.3 is 20.9 Å². The third kappa shape index (κ3) is 17.7. The van der Waals surface area contributed by atoms with Crippen LogP contribution in [-0.4, -0.2) is 121 Å². The summed E-state index contributed by atoms with van der Waals surface area (Å²) in [5.74, 6) is -3.21. The van der Waals surface area contributed by atoms with Gasteiger partial charge in [0.15, 0.2) is 0 Å². The molecule has 5 amide bonds. The molecule has 17 nitrogen and oxygen atoms in total. The number of carbonyl (C=O) groups is 6. The summed E-state index contributed by atoms with van der Waals surface area (Å²) in [5.41, 5.74) is 2.63. The number of unbranched alkanes of at least 4 members (excludes halogenated alkanes) is 2. The molecule has 0 unspecified atom stereocenters. The Morgan fingerprint density at radius 2 is 1.24 bits per heavy atom. The van der Waals surface area contributed by atoms with Crippen LogP contribution in [0.4, 0.5) is 4.79 Å². The van der Waals surface area contributed by atoms with Gasteiger partial charge in [0.1, 0.15) is 30.3 Å². The van der Waals surface area contributed by atoms with Gasteiger partial charge in [-0.2, -0.15) is 0 Å². The lowest BCUT2D eigenvalue weighted by Crippen LogP contribution is -2.58. The molecule has 1 aliphatic carbocycles. The molecule has 5 N–H and O–H groups in total. The van der Waals surface area contributed by atoms with Gasteiger partial charge in [0.25, 0.3) is 0 Å². The van der Waals surface area contributed by atoms with E-state index < -0.39 is 74.3 Å². The topological polar surface area (TPSA) is 218 Å². The molecular weight excluding hydrogens is 831 g/mol. The van der Waals surface area contributed by atoms with Crippen molar-refractivity contribution in [3.8, 4) is 11.1 Å². The third-order valence-corrected chi connectivity index (χ3v) is 12.9. The van der Waals surface area contributed by atoms with Crippen molar-refractivity contribution in [2.45, 2.75) is 128 Å². The van der Waals surface area contributed by atoms with Crippen LogP contribution in [0.5, 0.6) is 0 Å². The summed E-state index contributed by atoms with van der Waals surface area (Å²) in [6, 6.07) is 12.5. The Labute approximate surface area is 373 Å². The number of hydrogen-bond donors (Lipinski definition) is 5. The van der Waals surface area contributed by atoms with E-state index in [1.165, 1.54) is 6.92 Å². The maximum absolute atomic E-state index is 13.8. The SMILES string of the molecule is CO[Si](CCCNC(=O)CCCCCNC(=O)[C@H](COC(C)(C)C)NC(=O)[C@H](CC(=O)OC(C)(C)C)NC(=O)[C@@H](C)NC(=O)OCC1c2ccccc2-c2ccccc21)(OC)OC. The predicted octanol–water partition coefficient (Wildman–Crippen LogP) is 4.49. The van der Waals surface area contributed by atoms with Crippen LogP contribution in [0.1, 0.15) is 104 Å². The Morgan fingerprint density at radius 1 is 0.667 bits per heavy atom. The average molecular weight is 900 g/mol. The molecule has 2 aromatic rings. The lowest BCUT2D eigenvalue weighted by molar-refractivity contribution is -0.156. The Bertz CT molecular complexity index is 1790. The summed E-state index contributed by atoms with van der Waals surface area (Å²) in [7, 11) is 1.94. The van der Waals surface area contributed by atoms with Gasteiger partial charge in [-0.1, -0.05) is 55.0 Å². The van der Waals surface area contributed by atoms with Gasteiger partial charge in [-0.15, -0.1) is 0 Å². The lowest BCUT2D eigenvalue weighted by atomic mass is 9.98. The highest BCUT2D eigenvalue weighted by Gasteiger charge is 2.37. The molecule has 0 aliphatic heterocycles. The zero-order valence-corrected chi connectivity index (χ0v) is 39.6. The first-order chi connectivity index (χ1) is 29.7. The second kappa shape index (κ2) is 24.8. The van der Waals surface area contributed by atoms with E-state index in [-0.39, 0.29) is 31.6 Å². The minimum Gasteiger partial charge on any atom is -0.460 e. The first-order valence-corrected chi connectivity index (χ1v) is 23.4. The molecule has 0 saturated heterocycles. The fourth-order valence-corrected chi connectivity index (χ4v) is 8.55. The fourth-order valence-electron chi connectivity index (χ4n) is 6.83. The van der Waals surface area contributed by atoms with Crippen LogP contribution in [0.15, 0.2) is 48.5 Å². The van der Waals surface area contributed by atoms with Gasteiger partial charge in [-0.3, -0.25) is 24.0 Å². The number of alkyl carbamates (subject to hydrolysis) is 1. The summed E-state index contributed by atoms with van der Waals surface area (Å²) in [4.78, 5) is 79.1. The van der Waals surface area contributed by atoms with Gasteiger partial charge < -0.3 is 54.1 Å². The molecule has 0 aromatic heterocycles. The van der Waals surface area contributed by atoms with E-state index in [0.717, 1.165) is 22.3 Å². The molecule has 63 heavy (non-hydrogen) atoms. The highest BCUT2D eigenvalue weighted by Crippen LogP contribution is 2.44. The van der Waals surface area contributed by atoms with E-state index in [9.17, 15) is 28.8 Å². The zero-order valence-electron chi connectivity index (χ0n) is 38.6. The molecule has 350 valence electrons. The van der Waals surface area contributed by atoms with Crippen LogP contribution in [0.25, 0.3) is 11.1 Å². The third-order valence-electron chi connectivity index (χ3n) is 10.1. The Hall–Kier alpha value is -4.88. The minimum atomic E-state index is -2.70. The molecule has 2 aromatic carbocycles. The van der Waals surface area contributed by atoms with Crippen molar-refractivity contribution in [2.75, 3.05) is 47.6 Å². The molecular formula is C45H69N5O12Si. The quantitative estimate of drug-likeness (QED) is 0.0529. The minimum absolute atomic E-state index is 0.0264. The lowest BCUT2D eigenvalue weighted by Gasteiger charge is -2.27. The van der Waals surface area contributed by atoms with Crippen LogP contribution < -0.4 is 26.6 Å². The first-order valence-electron chi connectivity index (χ1n) is 21.5. The molecule has 0 saturated carbocycles. The van der Waals surface area contributed by atoms with Gasteiger partial charge in [0, 0.05) is 52.8 Å². The molecule has 1 aliphatic rings. The number of amides is 5. The van der Waals surface area contributed by atoms with Crippen molar-refractivity contribution in [2.24, 2.45) is 0 Å². The number of esters is 1. The largest absolute Gasteiger partial charge is 0.500 e. The fraction of sp³-hybridized carbons (Fsp3) is 0.600. The van der Waals surface area contributed by atoms with Crippen LogP contribution in [0.3, 0.4) is 0 Å². The highest BCUT2D eigenvalue weighted by molar-refractivity contribution is 6.60. The van der Waals surface area contributed by atoms with Gasteiger partial charge in [0.2, 0.25) is 23.6 Å². The van der Waals surface area contributed by atoms with E-state index in [1.54, 1.807) is 62.9 Å².